The number of carbonyl (C=O) groups excluding carboxylic acids is 1. The van der Waals surface area contributed by atoms with Crippen LogP contribution in [0, 0.1) is 22.7 Å². The van der Waals surface area contributed by atoms with Gasteiger partial charge in [-0.2, -0.15) is 10.5 Å². The van der Waals surface area contributed by atoms with Gasteiger partial charge in [-0.05, 0) is 45.6 Å². The fourth-order valence-corrected chi connectivity index (χ4v) is 3.87. The molecule has 0 saturated carbocycles. The first-order valence-corrected chi connectivity index (χ1v) is 10.9. The Morgan fingerprint density at radius 2 is 1.88 bits per heavy atom. The Bertz CT molecular complexity index is 1360. The molecular weight excluding hydrogens is 502 g/mol. The van der Waals surface area contributed by atoms with Gasteiger partial charge in [-0.25, -0.2) is 0 Å². The van der Waals surface area contributed by atoms with Gasteiger partial charge in [-0.15, -0.1) is 0 Å². The van der Waals surface area contributed by atoms with Crippen LogP contribution in [0.5, 0.6) is 11.5 Å². The summed E-state index contributed by atoms with van der Waals surface area (Å²) < 4.78 is 11.5. The topological polar surface area (TPSA) is 154 Å². The van der Waals surface area contributed by atoms with Gasteiger partial charge in [0, 0.05) is 12.1 Å². The van der Waals surface area contributed by atoms with E-state index in [9.17, 15) is 20.1 Å². The molecule has 172 valence electrons. The Hall–Kier alpha value is -4.28. The monoisotopic (exact) mass is 521 g/mol. The van der Waals surface area contributed by atoms with Gasteiger partial charge in [-0.1, -0.05) is 30.3 Å². The van der Waals surface area contributed by atoms with Crippen molar-refractivity contribution in [2.45, 2.75) is 6.42 Å². The first kappa shape index (κ1) is 24.4. The van der Waals surface area contributed by atoms with Crippen LogP contribution >= 0.6 is 15.9 Å². The molecule has 4 N–H and O–H groups in total. The van der Waals surface area contributed by atoms with E-state index in [1.807, 2.05) is 42.5 Å². The molecule has 0 radical (unpaired) electrons. The summed E-state index contributed by atoms with van der Waals surface area (Å²) in [6.07, 6.45) is 0.691. The SMILES string of the molecule is COc1cc(-c2c(C#N)c(N)[nH]c(=O)c2C#N)cc(Br)c1OCC(=O)NCCc1ccccc1. The number of hydrogen-bond donors (Lipinski definition) is 3. The van der Waals surface area contributed by atoms with Crippen molar-refractivity contribution in [3.05, 3.63) is 74.0 Å². The van der Waals surface area contributed by atoms with Crippen molar-refractivity contribution in [1.29, 1.82) is 10.5 Å². The minimum absolute atomic E-state index is 0.0448. The van der Waals surface area contributed by atoms with Gasteiger partial charge in [0.2, 0.25) is 0 Å². The molecule has 3 aromatic rings. The van der Waals surface area contributed by atoms with Crippen LogP contribution in [0.1, 0.15) is 16.7 Å². The van der Waals surface area contributed by atoms with Crippen LogP contribution in [0.4, 0.5) is 5.82 Å². The van der Waals surface area contributed by atoms with E-state index in [4.69, 9.17) is 15.2 Å². The molecule has 0 aliphatic heterocycles. The van der Waals surface area contributed by atoms with Crippen molar-refractivity contribution in [2.75, 3.05) is 26.0 Å². The quantitative estimate of drug-likeness (QED) is 0.411. The molecule has 0 fully saturated rings. The first-order valence-electron chi connectivity index (χ1n) is 10.1. The third-order valence-electron chi connectivity index (χ3n) is 4.91. The number of methoxy groups -OCH3 is 1. The van der Waals surface area contributed by atoms with E-state index < -0.39 is 5.56 Å². The second-order valence-electron chi connectivity index (χ2n) is 7.08. The highest BCUT2D eigenvalue weighted by molar-refractivity contribution is 9.10. The zero-order chi connectivity index (χ0) is 24.7. The molecule has 3 rings (SSSR count). The Labute approximate surface area is 203 Å². The molecule has 9 nitrogen and oxygen atoms in total. The summed E-state index contributed by atoms with van der Waals surface area (Å²) in [5.74, 6) is 0.0198. The zero-order valence-electron chi connectivity index (χ0n) is 18.1. The van der Waals surface area contributed by atoms with Crippen molar-refractivity contribution in [1.82, 2.24) is 10.3 Å². The number of halogens is 1. The molecule has 0 bridgehead atoms. The van der Waals surface area contributed by atoms with Crippen LogP contribution in [0.2, 0.25) is 0 Å². The number of nitrogens with two attached hydrogens (primary N) is 1. The summed E-state index contributed by atoms with van der Waals surface area (Å²) in [5, 5.41) is 21.8. The number of H-pyrrole nitrogens is 1. The van der Waals surface area contributed by atoms with Gasteiger partial charge in [-0.3, -0.25) is 9.59 Å². The maximum absolute atomic E-state index is 12.2. The molecule has 1 aromatic heterocycles. The van der Waals surface area contributed by atoms with Gasteiger partial charge in [0.1, 0.15) is 29.1 Å². The Morgan fingerprint density at radius 1 is 1.18 bits per heavy atom. The maximum atomic E-state index is 12.2. The van der Waals surface area contributed by atoms with Crippen molar-refractivity contribution >= 4 is 27.7 Å². The Balaban J connectivity index is 1.81. The van der Waals surface area contributed by atoms with Crippen LogP contribution < -0.4 is 26.1 Å². The highest BCUT2D eigenvalue weighted by Crippen LogP contribution is 2.41. The van der Waals surface area contributed by atoms with Crippen molar-refractivity contribution in [3.63, 3.8) is 0 Å². The lowest BCUT2D eigenvalue weighted by Crippen LogP contribution is -2.30. The van der Waals surface area contributed by atoms with E-state index in [1.165, 1.54) is 13.2 Å². The van der Waals surface area contributed by atoms with E-state index >= 15 is 0 Å². The fraction of sp³-hybridized carbons (Fsp3) is 0.167. The van der Waals surface area contributed by atoms with Crippen LogP contribution in [0.15, 0.2) is 51.7 Å². The number of nitrogens with zero attached hydrogens (tertiary/aromatic N) is 2. The predicted molar refractivity (Wildman–Crippen MR) is 129 cm³/mol. The van der Waals surface area contributed by atoms with Gasteiger partial charge in [0.25, 0.3) is 11.5 Å². The summed E-state index contributed by atoms with van der Waals surface area (Å²) in [6, 6.07) is 16.6. The van der Waals surface area contributed by atoms with Crippen molar-refractivity contribution in [3.8, 4) is 34.8 Å². The number of nitriles is 2. The molecule has 0 spiro atoms. The molecule has 1 heterocycles. The molecule has 10 heteroatoms. The summed E-state index contributed by atoms with van der Waals surface area (Å²) in [5.41, 5.74) is 6.31. The predicted octanol–water partition coefficient (Wildman–Crippen LogP) is 2.88. The lowest BCUT2D eigenvalue weighted by Gasteiger charge is -2.16. The highest BCUT2D eigenvalue weighted by Gasteiger charge is 2.21. The second-order valence-corrected chi connectivity index (χ2v) is 7.93. The average Bonchev–Trinajstić information content (AvgIpc) is 2.83. The number of aromatic nitrogens is 1. The smallest absolute Gasteiger partial charge is 0.268 e. The number of rotatable bonds is 8. The van der Waals surface area contributed by atoms with E-state index in [1.54, 1.807) is 6.07 Å². The molecule has 34 heavy (non-hydrogen) atoms. The van der Waals surface area contributed by atoms with E-state index in [-0.39, 0.29) is 46.5 Å². The lowest BCUT2D eigenvalue weighted by atomic mass is 9.96. The van der Waals surface area contributed by atoms with Crippen LogP contribution in [0.3, 0.4) is 0 Å². The summed E-state index contributed by atoms with van der Waals surface area (Å²) in [4.78, 5) is 26.7. The number of ether oxygens (including phenoxy) is 2. The number of hydrogen-bond acceptors (Lipinski definition) is 7. The third kappa shape index (κ3) is 5.37. The van der Waals surface area contributed by atoms with E-state index in [2.05, 4.69) is 26.2 Å². The van der Waals surface area contributed by atoms with Crippen LogP contribution in [0.25, 0.3) is 11.1 Å². The Morgan fingerprint density at radius 3 is 2.53 bits per heavy atom. The molecule has 0 unspecified atom stereocenters. The van der Waals surface area contributed by atoms with Crippen LogP contribution in [-0.2, 0) is 11.2 Å². The van der Waals surface area contributed by atoms with E-state index in [0.717, 1.165) is 5.56 Å². The normalized spacial score (nSPS) is 10.1. The first-order chi connectivity index (χ1) is 16.4. The number of anilines is 1. The third-order valence-corrected chi connectivity index (χ3v) is 5.50. The standard InChI is InChI=1S/C24H20BrN5O4/c1-33-19-10-15(21-16(11-26)23(28)30-24(32)17(21)12-27)9-18(25)22(19)34-13-20(31)29-8-7-14-5-3-2-4-6-14/h2-6,9-10H,7-8,13H2,1H3,(H,29,31)(H3,28,30,32). The van der Waals surface area contributed by atoms with E-state index in [0.29, 0.717) is 23.0 Å². The minimum Gasteiger partial charge on any atom is -0.493 e. The van der Waals surface area contributed by atoms with Gasteiger partial charge in [0.05, 0.1) is 11.6 Å². The molecular formula is C24H20BrN5O4. The largest absolute Gasteiger partial charge is 0.493 e. The van der Waals surface area contributed by atoms with Gasteiger partial charge >= 0.3 is 0 Å². The highest BCUT2D eigenvalue weighted by atomic mass is 79.9. The Kier molecular flexibility index (Phi) is 7.91. The number of nitrogens with one attached hydrogen (secondary N) is 2. The minimum atomic E-state index is -0.711. The molecule has 2 aromatic carbocycles. The number of pyridine rings is 1. The zero-order valence-corrected chi connectivity index (χ0v) is 19.7. The number of carbonyl (C=O) groups is 1. The lowest BCUT2D eigenvalue weighted by molar-refractivity contribution is -0.123. The van der Waals surface area contributed by atoms with Gasteiger partial charge < -0.3 is 25.5 Å². The summed E-state index contributed by atoms with van der Waals surface area (Å²) >= 11 is 3.38. The van der Waals surface area contributed by atoms with Crippen LogP contribution in [-0.4, -0.2) is 31.2 Å². The van der Waals surface area contributed by atoms with Crippen molar-refractivity contribution < 1.29 is 14.3 Å². The molecule has 0 atom stereocenters. The number of benzene rings is 2. The number of aromatic amines is 1. The average molecular weight is 522 g/mol. The number of amides is 1. The number of nitrogen functional groups attached to an aromatic ring is 1. The summed E-state index contributed by atoms with van der Waals surface area (Å²) in [6.45, 7) is 0.204. The summed E-state index contributed by atoms with van der Waals surface area (Å²) in [7, 11) is 1.40. The maximum Gasteiger partial charge on any atom is 0.268 e. The second kappa shape index (κ2) is 11.0. The van der Waals surface area contributed by atoms with Crippen molar-refractivity contribution in [2.24, 2.45) is 0 Å². The van der Waals surface area contributed by atoms with Gasteiger partial charge in [0.15, 0.2) is 18.1 Å². The molecule has 0 saturated heterocycles. The molecule has 1 amide bonds. The molecule has 0 aliphatic rings. The molecule has 0 aliphatic carbocycles. The fourth-order valence-electron chi connectivity index (χ4n) is 3.32.